The van der Waals surface area contributed by atoms with Gasteiger partial charge in [-0.15, -0.1) is 0 Å². The Balaban J connectivity index is 1.62. The number of fused-ring (bicyclic) bond motifs is 1. The number of rotatable bonds is 7. The Bertz CT molecular complexity index is 770. The predicted octanol–water partition coefficient (Wildman–Crippen LogP) is 4.71. The average Bonchev–Trinajstić information content (AvgIpc) is 2.67. The Labute approximate surface area is 159 Å². The maximum atomic E-state index is 12.6. The van der Waals surface area contributed by atoms with Crippen molar-refractivity contribution in [2.24, 2.45) is 0 Å². The van der Waals surface area contributed by atoms with Crippen LogP contribution in [0.3, 0.4) is 0 Å². The summed E-state index contributed by atoms with van der Waals surface area (Å²) in [5.74, 6) is 0.0828. The largest absolute Gasteiger partial charge is 0.352 e. The maximum absolute atomic E-state index is 12.6. The topological polar surface area (TPSA) is 46.2 Å². The quantitative estimate of drug-likeness (QED) is 0.718. The summed E-state index contributed by atoms with van der Waals surface area (Å²) in [7, 11) is 0. The molecular formula is C22H24ClNO2. The Morgan fingerprint density at radius 3 is 2.65 bits per heavy atom. The molecule has 3 nitrogen and oxygen atoms in total. The lowest BCUT2D eigenvalue weighted by molar-refractivity contribution is -0.108. The number of hydrogen-bond acceptors (Lipinski definition) is 2. The number of nitrogens with one attached hydrogen (secondary N) is 1. The highest BCUT2D eigenvalue weighted by molar-refractivity contribution is 6.30. The Hall–Kier alpha value is -2.13. The number of carbonyl (C=O) groups excluding carboxylic acids is 2. The predicted molar refractivity (Wildman–Crippen MR) is 105 cm³/mol. The highest BCUT2D eigenvalue weighted by Crippen LogP contribution is 2.25. The van der Waals surface area contributed by atoms with E-state index in [0.717, 1.165) is 43.1 Å². The molecule has 0 aliphatic heterocycles. The molecule has 26 heavy (non-hydrogen) atoms. The van der Waals surface area contributed by atoms with Gasteiger partial charge >= 0.3 is 0 Å². The maximum Gasteiger partial charge on any atom is 0.251 e. The van der Waals surface area contributed by atoms with Crippen LogP contribution in [0.1, 0.15) is 58.6 Å². The van der Waals surface area contributed by atoms with E-state index in [9.17, 15) is 9.59 Å². The number of aryl methyl sites for hydroxylation is 1. The summed E-state index contributed by atoms with van der Waals surface area (Å²) >= 11 is 5.94. The molecule has 0 saturated heterocycles. The molecule has 0 fully saturated rings. The molecule has 0 heterocycles. The van der Waals surface area contributed by atoms with Crippen molar-refractivity contribution in [2.75, 3.05) is 6.54 Å². The lowest BCUT2D eigenvalue weighted by Crippen LogP contribution is -2.27. The number of halogens is 1. The highest BCUT2D eigenvalue weighted by Gasteiger charge is 2.18. The third-order valence-electron chi connectivity index (χ3n) is 5.14. The molecule has 3 rings (SSSR count). The van der Waals surface area contributed by atoms with Gasteiger partial charge in [0.25, 0.3) is 5.91 Å². The van der Waals surface area contributed by atoms with Gasteiger partial charge in [-0.1, -0.05) is 35.9 Å². The molecule has 2 aromatic carbocycles. The summed E-state index contributed by atoms with van der Waals surface area (Å²) in [6, 6.07) is 13.6. The third kappa shape index (κ3) is 4.53. The van der Waals surface area contributed by atoms with Gasteiger partial charge in [0.1, 0.15) is 6.29 Å². The first-order chi connectivity index (χ1) is 12.7. The van der Waals surface area contributed by atoms with E-state index in [1.807, 2.05) is 36.4 Å². The molecule has 0 aromatic heterocycles. The van der Waals surface area contributed by atoms with E-state index in [0.29, 0.717) is 18.0 Å². The minimum atomic E-state index is -0.00953. The van der Waals surface area contributed by atoms with Gasteiger partial charge in [0.05, 0.1) is 0 Å². The smallest absolute Gasteiger partial charge is 0.251 e. The Morgan fingerprint density at radius 1 is 1.12 bits per heavy atom. The van der Waals surface area contributed by atoms with E-state index in [-0.39, 0.29) is 11.8 Å². The van der Waals surface area contributed by atoms with Gasteiger partial charge in [-0.2, -0.15) is 0 Å². The first-order valence-electron chi connectivity index (χ1n) is 9.27. The second-order valence-electron chi connectivity index (χ2n) is 6.85. The highest BCUT2D eigenvalue weighted by atomic mass is 35.5. The lowest BCUT2D eigenvalue weighted by Gasteiger charge is -2.19. The van der Waals surface area contributed by atoms with Crippen molar-refractivity contribution in [1.29, 1.82) is 0 Å². The normalized spacial score (nSPS) is 14.3. The van der Waals surface area contributed by atoms with E-state index < -0.39 is 0 Å². The first-order valence-corrected chi connectivity index (χ1v) is 9.65. The van der Waals surface area contributed by atoms with Crippen molar-refractivity contribution < 1.29 is 9.59 Å². The van der Waals surface area contributed by atoms with Crippen LogP contribution in [-0.4, -0.2) is 18.7 Å². The zero-order chi connectivity index (χ0) is 18.4. The molecule has 1 atom stereocenters. The van der Waals surface area contributed by atoms with Gasteiger partial charge in [-0.25, -0.2) is 0 Å². The Morgan fingerprint density at radius 2 is 1.88 bits per heavy atom. The van der Waals surface area contributed by atoms with Crippen molar-refractivity contribution in [3.63, 3.8) is 0 Å². The van der Waals surface area contributed by atoms with Crippen molar-refractivity contribution in [3.05, 3.63) is 69.7 Å². The summed E-state index contributed by atoms with van der Waals surface area (Å²) in [6.45, 7) is 0.545. The fourth-order valence-corrected chi connectivity index (χ4v) is 3.85. The van der Waals surface area contributed by atoms with Crippen molar-refractivity contribution in [1.82, 2.24) is 5.32 Å². The molecule has 0 bridgehead atoms. The summed E-state index contributed by atoms with van der Waals surface area (Å²) in [4.78, 5) is 23.7. The number of carbonyl (C=O) groups is 2. The van der Waals surface area contributed by atoms with E-state index in [2.05, 4.69) is 11.4 Å². The van der Waals surface area contributed by atoms with E-state index in [4.69, 9.17) is 11.6 Å². The number of hydrogen-bond donors (Lipinski definition) is 1. The van der Waals surface area contributed by atoms with Gasteiger partial charge in [-0.05, 0) is 72.9 Å². The SMILES string of the molecule is O=CCC(CCNC(=O)c1cccc2c1CCCC2)c1ccc(Cl)cc1. The second kappa shape index (κ2) is 9.00. The van der Waals surface area contributed by atoms with Gasteiger partial charge < -0.3 is 10.1 Å². The van der Waals surface area contributed by atoms with Crippen molar-refractivity contribution in [2.45, 2.75) is 44.4 Å². The minimum absolute atomic E-state index is 0.00953. The standard InChI is InChI=1S/C22H24ClNO2/c23-19-10-8-16(9-11-19)17(13-15-25)12-14-24-22(26)21-7-3-5-18-4-1-2-6-20(18)21/h3,5,7-11,15,17H,1-2,4,6,12-14H2,(H,24,26). The molecule has 1 aliphatic carbocycles. The average molecular weight is 370 g/mol. The molecule has 1 unspecified atom stereocenters. The molecule has 2 aromatic rings. The summed E-state index contributed by atoms with van der Waals surface area (Å²) < 4.78 is 0. The van der Waals surface area contributed by atoms with Crippen LogP contribution in [0.25, 0.3) is 0 Å². The van der Waals surface area contributed by atoms with Crippen LogP contribution in [0.4, 0.5) is 0 Å². The number of benzene rings is 2. The molecule has 4 heteroatoms. The lowest BCUT2D eigenvalue weighted by atomic mass is 9.88. The fraction of sp³-hybridized carbons (Fsp3) is 0.364. The molecular weight excluding hydrogens is 346 g/mol. The van der Waals surface area contributed by atoms with Crippen molar-refractivity contribution >= 4 is 23.8 Å². The van der Waals surface area contributed by atoms with Crippen LogP contribution in [0.15, 0.2) is 42.5 Å². The third-order valence-corrected chi connectivity index (χ3v) is 5.39. The number of amides is 1. The summed E-state index contributed by atoms with van der Waals surface area (Å²) in [6.07, 6.45) is 6.50. The van der Waals surface area contributed by atoms with E-state index >= 15 is 0 Å². The molecule has 1 amide bonds. The van der Waals surface area contributed by atoms with Gasteiger partial charge in [0.15, 0.2) is 0 Å². The van der Waals surface area contributed by atoms with E-state index in [1.54, 1.807) is 0 Å². The van der Waals surface area contributed by atoms with Crippen molar-refractivity contribution in [3.8, 4) is 0 Å². The van der Waals surface area contributed by atoms with Gasteiger partial charge in [0, 0.05) is 23.6 Å². The second-order valence-corrected chi connectivity index (χ2v) is 7.28. The van der Waals surface area contributed by atoms with Gasteiger partial charge in [-0.3, -0.25) is 4.79 Å². The molecule has 1 N–H and O–H groups in total. The van der Waals surface area contributed by atoms with Crippen LogP contribution in [0.2, 0.25) is 5.02 Å². The minimum Gasteiger partial charge on any atom is -0.352 e. The zero-order valence-electron chi connectivity index (χ0n) is 14.8. The zero-order valence-corrected chi connectivity index (χ0v) is 15.6. The first kappa shape index (κ1) is 18.7. The van der Waals surface area contributed by atoms with Crippen LogP contribution in [-0.2, 0) is 17.6 Å². The number of aldehydes is 1. The summed E-state index contributed by atoms with van der Waals surface area (Å²) in [5.41, 5.74) is 4.40. The fourth-order valence-electron chi connectivity index (χ4n) is 3.72. The molecule has 0 spiro atoms. The monoisotopic (exact) mass is 369 g/mol. The van der Waals surface area contributed by atoms with Gasteiger partial charge in [0.2, 0.25) is 0 Å². The molecule has 136 valence electrons. The summed E-state index contributed by atoms with van der Waals surface area (Å²) in [5, 5.41) is 3.72. The van der Waals surface area contributed by atoms with Crippen LogP contribution < -0.4 is 5.32 Å². The molecule has 0 radical (unpaired) electrons. The van der Waals surface area contributed by atoms with Crippen LogP contribution >= 0.6 is 11.6 Å². The van der Waals surface area contributed by atoms with Crippen LogP contribution in [0.5, 0.6) is 0 Å². The molecule has 0 saturated carbocycles. The van der Waals surface area contributed by atoms with E-state index in [1.165, 1.54) is 17.5 Å². The Kier molecular flexibility index (Phi) is 6.45. The van der Waals surface area contributed by atoms with Crippen LogP contribution in [0, 0.1) is 0 Å². The molecule has 1 aliphatic rings.